The van der Waals surface area contributed by atoms with Gasteiger partial charge >= 0.3 is 0 Å². The second kappa shape index (κ2) is 5.31. The van der Waals surface area contributed by atoms with E-state index >= 15 is 0 Å². The maximum atomic E-state index is 5.45. The minimum absolute atomic E-state index is 0.691. The molecular weight excluding hydrogens is 503 g/mol. The van der Waals surface area contributed by atoms with Crippen molar-refractivity contribution in [2.75, 3.05) is 0 Å². The van der Waals surface area contributed by atoms with Gasteiger partial charge in [0.1, 0.15) is 0 Å². The van der Waals surface area contributed by atoms with Crippen molar-refractivity contribution >= 4 is 77.7 Å². The molecule has 0 fully saturated rings. The highest BCUT2D eigenvalue weighted by molar-refractivity contribution is 14.1. The molecule has 3 aromatic rings. The molecule has 1 N–H and O–H groups in total. The van der Waals surface area contributed by atoms with E-state index in [0.29, 0.717) is 4.77 Å². The largest absolute Gasteiger partial charge is 0.330 e. The fourth-order valence-electron chi connectivity index (χ4n) is 1.98. The average molecular weight is 510 g/mol. The first-order chi connectivity index (χ1) is 9.06. The lowest BCUT2D eigenvalue weighted by Gasteiger charge is -2.08. The summed E-state index contributed by atoms with van der Waals surface area (Å²) in [7, 11) is 0. The second-order valence-electron chi connectivity index (χ2n) is 4.02. The maximum Gasteiger partial charge on any atom is 0.182 e. The lowest BCUT2D eigenvalue weighted by molar-refractivity contribution is 1.06. The summed E-state index contributed by atoms with van der Waals surface area (Å²) in [5, 5.41) is 0. The van der Waals surface area contributed by atoms with Crippen LogP contribution in [0.1, 0.15) is 0 Å². The number of aromatic amines is 1. The van der Waals surface area contributed by atoms with E-state index in [1.807, 2.05) is 22.8 Å². The molecule has 2 aromatic carbocycles. The first-order valence-corrected chi connectivity index (χ1v) is 8.49. The van der Waals surface area contributed by atoms with Crippen LogP contribution in [0.15, 0.2) is 45.3 Å². The highest BCUT2D eigenvalue weighted by atomic mass is 127. The Labute approximate surface area is 145 Å². The molecule has 96 valence electrons. The zero-order valence-electron chi connectivity index (χ0n) is 9.45. The van der Waals surface area contributed by atoms with Crippen molar-refractivity contribution in [3.8, 4) is 5.69 Å². The van der Waals surface area contributed by atoms with Crippen LogP contribution >= 0.6 is 66.7 Å². The van der Waals surface area contributed by atoms with Gasteiger partial charge in [-0.3, -0.25) is 4.57 Å². The fourth-order valence-corrected chi connectivity index (χ4v) is 3.55. The van der Waals surface area contributed by atoms with Crippen molar-refractivity contribution in [3.63, 3.8) is 0 Å². The minimum Gasteiger partial charge on any atom is -0.330 e. The Kier molecular flexibility index (Phi) is 3.85. The van der Waals surface area contributed by atoms with E-state index in [1.54, 1.807) is 0 Å². The molecule has 0 unspecified atom stereocenters. The van der Waals surface area contributed by atoms with Crippen molar-refractivity contribution in [3.05, 3.63) is 53.7 Å². The average Bonchev–Trinajstić information content (AvgIpc) is 2.67. The zero-order valence-corrected chi connectivity index (χ0v) is 15.6. The maximum absolute atomic E-state index is 5.45. The highest BCUT2D eigenvalue weighted by Crippen LogP contribution is 2.29. The first kappa shape index (κ1) is 13.8. The Balaban J connectivity index is 2.39. The number of benzene rings is 2. The highest BCUT2D eigenvalue weighted by Gasteiger charge is 2.10. The van der Waals surface area contributed by atoms with E-state index in [4.69, 9.17) is 12.2 Å². The molecule has 19 heavy (non-hydrogen) atoms. The van der Waals surface area contributed by atoms with Crippen molar-refractivity contribution in [2.45, 2.75) is 0 Å². The number of rotatable bonds is 1. The fraction of sp³-hybridized carbons (Fsp3) is 0. The van der Waals surface area contributed by atoms with E-state index in [2.05, 4.69) is 77.6 Å². The number of hydrogen-bond donors (Lipinski definition) is 1. The second-order valence-corrected chi connectivity index (χ2v) is 7.43. The van der Waals surface area contributed by atoms with Crippen LogP contribution in [0.25, 0.3) is 16.7 Å². The smallest absolute Gasteiger partial charge is 0.182 e. The molecule has 3 rings (SSSR count). The summed E-state index contributed by atoms with van der Waals surface area (Å²) in [6.45, 7) is 0. The first-order valence-electron chi connectivity index (χ1n) is 5.42. The van der Waals surface area contributed by atoms with Gasteiger partial charge in [0, 0.05) is 12.5 Å². The lowest BCUT2D eigenvalue weighted by Crippen LogP contribution is -1.95. The molecular formula is C13H7Br2IN2S. The number of fused-ring (bicyclic) bond motifs is 1. The summed E-state index contributed by atoms with van der Waals surface area (Å²) < 4.78 is 5.94. The summed E-state index contributed by atoms with van der Waals surface area (Å²) in [6, 6.07) is 12.3. The third-order valence-electron chi connectivity index (χ3n) is 2.79. The van der Waals surface area contributed by atoms with Crippen LogP contribution in [0.5, 0.6) is 0 Å². The number of nitrogens with zero attached hydrogens (tertiary/aromatic N) is 1. The number of H-pyrrole nitrogens is 1. The number of imidazole rings is 1. The molecule has 0 aliphatic rings. The van der Waals surface area contributed by atoms with Gasteiger partial charge in [-0.25, -0.2) is 0 Å². The molecule has 0 radical (unpaired) electrons. The summed E-state index contributed by atoms with van der Waals surface area (Å²) in [5.74, 6) is 0. The van der Waals surface area contributed by atoms with Crippen LogP contribution in [0.2, 0.25) is 0 Å². The van der Waals surface area contributed by atoms with Crippen LogP contribution in [0, 0.1) is 8.34 Å². The quantitative estimate of drug-likeness (QED) is 0.324. The van der Waals surface area contributed by atoms with Crippen LogP contribution in [-0.4, -0.2) is 9.55 Å². The van der Waals surface area contributed by atoms with Gasteiger partial charge in [-0.05, 0) is 87.1 Å². The molecule has 1 heterocycles. The van der Waals surface area contributed by atoms with E-state index in [9.17, 15) is 0 Å². The van der Waals surface area contributed by atoms with Gasteiger partial charge in [0.25, 0.3) is 0 Å². The summed E-state index contributed by atoms with van der Waals surface area (Å²) >= 11 is 14.8. The molecule has 1 aromatic heterocycles. The van der Waals surface area contributed by atoms with E-state index < -0.39 is 0 Å². The molecule has 0 saturated heterocycles. The summed E-state index contributed by atoms with van der Waals surface area (Å²) in [4.78, 5) is 3.25. The Bertz CT molecular complexity index is 838. The van der Waals surface area contributed by atoms with Crippen molar-refractivity contribution in [1.82, 2.24) is 9.55 Å². The molecule has 6 heteroatoms. The number of halogens is 3. The molecule has 2 nitrogen and oxygen atoms in total. The van der Waals surface area contributed by atoms with Crippen LogP contribution in [0.3, 0.4) is 0 Å². The van der Waals surface area contributed by atoms with Gasteiger partial charge in [0.15, 0.2) is 4.77 Å². The van der Waals surface area contributed by atoms with Gasteiger partial charge in [-0.2, -0.15) is 0 Å². The summed E-state index contributed by atoms with van der Waals surface area (Å²) in [6.07, 6.45) is 0. The Morgan fingerprint density at radius 3 is 2.68 bits per heavy atom. The van der Waals surface area contributed by atoms with E-state index in [0.717, 1.165) is 25.7 Å². The third kappa shape index (κ3) is 2.55. The van der Waals surface area contributed by atoms with Crippen LogP contribution in [0.4, 0.5) is 0 Å². The molecule has 0 bridgehead atoms. The number of hydrogen-bond acceptors (Lipinski definition) is 1. The molecule has 0 saturated carbocycles. The van der Waals surface area contributed by atoms with Gasteiger partial charge in [0.05, 0.1) is 16.7 Å². The van der Waals surface area contributed by atoms with Crippen molar-refractivity contribution in [2.24, 2.45) is 0 Å². The molecule has 0 atom stereocenters. The van der Waals surface area contributed by atoms with Crippen molar-refractivity contribution < 1.29 is 0 Å². The number of aromatic nitrogens is 2. The SMILES string of the molecule is S=c1[nH]c2cc(I)ccc2n1-c1cc(Br)ccc1Br. The lowest BCUT2D eigenvalue weighted by atomic mass is 10.3. The van der Waals surface area contributed by atoms with Crippen molar-refractivity contribution in [1.29, 1.82) is 0 Å². The van der Waals surface area contributed by atoms with Crippen LogP contribution < -0.4 is 0 Å². The molecule has 0 spiro atoms. The normalized spacial score (nSPS) is 11.1. The van der Waals surface area contributed by atoms with Gasteiger partial charge in [0.2, 0.25) is 0 Å². The minimum atomic E-state index is 0.691. The molecule has 0 amide bonds. The van der Waals surface area contributed by atoms with E-state index in [-0.39, 0.29) is 0 Å². The molecule has 0 aliphatic heterocycles. The standard InChI is InChI=1S/C13H7Br2IN2S/c14-7-1-3-9(15)12(5-7)18-11-4-2-8(16)6-10(11)17-13(18)19/h1-6H,(H,17,19). The van der Waals surface area contributed by atoms with Gasteiger partial charge in [-0.15, -0.1) is 0 Å². The van der Waals surface area contributed by atoms with E-state index in [1.165, 1.54) is 3.57 Å². The van der Waals surface area contributed by atoms with Crippen LogP contribution in [-0.2, 0) is 0 Å². The van der Waals surface area contributed by atoms with Gasteiger partial charge in [-0.1, -0.05) is 15.9 Å². The predicted molar refractivity (Wildman–Crippen MR) is 96.6 cm³/mol. The Morgan fingerprint density at radius 1 is 1.11 bits per heavy atom. The third-order valence-corrected chi connectivity index (χ3v) is 4.91. The number of nitrogens with one attached hydrogen (secondary N) is 1. The monoisotopic (exact) mass is 508 g/mol. The topological polar surface area (TPSA) is 20.7 Å². The Hall–Kier alpha value is -0.180. The summed E-state index contributed by atoms with van der Waals surface area (Å²) in [5.41, 5.74) is 3.14. The Morgan fingerprint density at radius 2 is 1.89 bits per heavy atom. The van der Waals surface area contributed by atoms with Gasteiger partial charge < -0.3 is 4.98 Å². The zero-order chi connectivity index (χ0) is 13.6. The predicted octanol–water partition coefficient (Wildman–Crippen LogP) is 5.82. The molecule has 0 aliphatic carbocycles.